The molecule has 16 heavy (non-hydrogen) atoms. The Labute approximate surface area is 99.5 Å². The Morgan fingerprint density at radius 2 is 1.75 bits per heavy atom. The largest absolute Gasteiger partial charge is 0.298 e. The van der Waals surface area contributed by atoms with Crippen molar-refractivity contribution >= 4 is 5.71 Å². The molecule has 2 aliphatic rings. The molecule has 0 amide bonds. The highest BCUT2D eigenvalue weighted by Crippen LogP contribution is 2.24. The average Bonchev–Trinajstić information content (AvgIpc) is 2.64. The van der Waals surface area contributed by atoms with Crippen LogP contribution in [0.3, 0.4) is 0 Å². The van der Waals surface area contributed by atoms with Gasteiger partial charge >= 0.3 is 0 Å². The molecule has 3 heteroatoms. The van der Waals surface area contributed by atoms with Crippen LogP contribution in [0.5, 0.6) is 0 Å². The molecule has 1 fully saturated rings. The summed E-state index contributed by atoms with van der Waals surface area (Å²) < 4.78 is 0. The molecule has 2 aliphatic heterocycles. The lowest BCUT2D eigenvalue weighted by Gasteiger charge is -2.42. The van der Waals surface area contributed by atoms with Crippen LogP contribution < -0.4 is 0 Å². The maximum Gasteiger partial charge on any atom is 0.0495 e. The Morgan fingerprint density at radius 1 is 1.12 bits per heavy atom. The van der Waals surface area contributed by atoms with Crippen LogP contribution in [-0.2, 0) is 0 Å². The van der Waals surface area contributed by atoms with E-state index in [4.69, 9.17) is 0 Å². The second kappa shape index (κ2) is 4.36. The summed E-state index contributed by atoms with van der Waals surface area (Å²) in [5.41, 5.74) is 1.63. The number of hydrazone groups is 1. The van der Waals surface area contributed by atoms with E-state index in [1.54, 1.807) is 0 Å². The van der Waals surface area contributed by atoms with Crippen molar-refractivity contribution in [3.05, 3.63) is 0 Å². The van der Waals surface area contributed by atoms with E-state index in [0.717, 1.165) is 6.54 Å². The molecular weight excluding hydrogens is 198 g/mol. The van der Waals surface area contributed by atoms with E-state index in [0.29, 0.717) is 11.6 Å². The fraction of sp³-hybridized carbons (Fsp3) is 0.923. The zero-order valence-corrected chi connectivity index (χ0v) is 11.2. The molecule has 0 aliphatic carbocycles. The molecule has 0 unspecified atom stereocenters. The summed E-state index contributed by atoms with van der Waals surface area (Å²) in [5.74, 6) is 0. The quantitative estimate of drug-likeness (QED) is 0.679. The summed E-state index contributed by atoms with van der Waals surface area (Å²) in [7, 11) is 0. The summed E-state index contributed by atoms with van der Waals surface area (Å²) in [4.78, 5) is 2.59. The molecule has 2 heterocycles. The number of hydrogen-bond donors (Lipinski definition) is 0. The third kappa shape index (κ3) is 2.57. The van der Waals surface area contributed by atoms with Gasteiger partial charge in [0.2, 0.25) is 0 Å². The molecular formula is C13H25N3. The van der Waals surface area contributed by atoms with Crippen molar-refractivity contribution in [2.45, 2.75) is 58.5 Å². The SMILES string of the molecule is CC1=NN(C2CCN(C(C)(C)C)CC2)CC1. The van der Waals surface area contributed by atoms with Gasteiger partial charge in [0.05, 0.1) is 0 Å². The van der Waals surface area contributed by atoms with Crippen LogP contribution in [0.25, 0.3) is 0 Å². The van der Waals surface area contributed by atoms with Gasteiger partial charge in [0.25, 0.3) is 0 Å². The molecule has 0 aromatic carbocycles. The topological polar surface area (TPSA) is 18.8 Å². The predicted octanol–water partition coefficient (Wildman–Crippen LogP) is 2.33. The highest BCUT2D eigenvalue weighted by Gasteiger charge is 2.30. The third-order valence-corrected chi connectivity index (χ3v) is 3.84. The van der Waals surface area contributed by atoms with Gasteiger partial charge in [-0.2, -0.15) is 5.10 Å². The Balaban J connectivity index is 1.86. The molecule has 0 N–H and O–H groups in total. The van der Waals surface area contributed by atoms with E-state index in [1.165, 1.54) is 38.1 Å². The van der Waals surface area contributed by atoms with Gasteiger partial charge in [-0.25, -0.2) is 0 Å². The molecule has 0 bridgehead atoms. The van der Waals surface area contributed by atoms with Crippen molar-refractivity contribution in [1.29, 1.82) is 0 Å². The monoisotopic (exact) mass is 223 g/mol. The maximum atomic E-state index is 4.63. The minimum atomic E-state index is 0.329. The first-order chi connectivity index (χ1) is 7.47. The molecule has 0 saturated carbocycles. The van der Waals surface area contributed by atoms with Crippen molar-refractivity contribution in [1.82, 2.24) is 9.91 Å². The summed E-state index contributed by atoms with van der Waals surface area (Å²) in [6, 6.07) is 0.691. The molecule has 92 valence electrons. The zero-order chi connectivity index (χ0) is 11.8. The van der Waals surface area contributed by atoms with Gasteiger partial charge < -0.3 is 0 Å². The van der Waals surface area contributed by atoms with Gasteiger partial charge in [-0.15, -0.1) is 0 Å². The van der Waals surface area contributed by atoms with Crippen LogP contribution >= 0.6 is 0 Å². The van der Waals surface area contributed by atoms with Crippen LogP contribution in [0.1, 0.15) is 47.0 Å². The molecule has 0 radical (unpaired) electrons. The fourth-order valence-corrected chi connectivity index (χ4v) is 2.69. The Hall–Kier alpha value is -0.570. The lowest BCUT2D eigenvalue weighted by molar-refractivity contribution is 0.0615. The third-order valence-electron chi connectivity index (χ3n) is 3.84. The lowest BCUT2D eigenvalue weighted by Crippen LogP contribution is -2.49. The van der Waals surface area contributed by atoms with E-state index in [9.17, 15) is 0 Å². The maximum absolute atomic E-state index is 4.63. The number of likely N-dealkylation sites (tertiary alicyclic amines) is 1. The summed E-state index contributed by atoms with van der Waals surface area (Å²) >= 11 is 0. The highest BCUT2D eigenvalue weighted by atomic mass is 15.5. The van der Waals surface area contributed by atoms with E-state index in [-0.39, 0.29) is 0 Å². The number of piperidine rings is 1. The smallest absolute Gasteiger partial charge is 0.0495 e. The number of hydrogen-bond acceptors (Lipinski definition) is 3. The first-order valence-corrected chi connectivity index (χ1v) is 6.52. The summed E-state index contributed by atoms with van der Waals surface area (Å²) in [6.45, 7) is 12.7. The van der Waals surface area contributed by atoms with Crippen LogP contribution in [0, 0.1) is 0 Å². The molecule has 0 aromatic heterocycles. The minimum absolute atomic E-state index is 0.329. The minimum Gasteiger partial charge on any atom is -0.298 e. The van der Waals surface area contributed by atoms with E-state index in [1.807, 2.05) is 0 Å². The van der Waals surface area contributed by atoms with Crippen molar-refractivity contribution in [2.24, 2.45) is 5.10 Å². The van der Waals surface area contributed by atoms with Crippen LogP contribution in [0.15, 0.2) is 5.10 Å². The van der Waals surface area contributed by atoms with Crippen molar-refractivity contribution in [3.8, 4) is 0 Å². The summed E-state index contributed by atoms with van der Waals surface area (Å²) in [5, 5.41) is 6.96. The molecule has 0 spiro atoms. The van der Waals surface area contributed by atoms with E-state index >= 15 is 0 Å². The number of nitrogens with zero attached hydrogens (tertiary/aromatic N) is 3. The average molecular weight is 223 g/mol. The van der Waals surface area contributed by atoms with Crippen LogP contribution in [-0.4, -0.2) is 46.8 Å². The first-order valence-electron chi connectivity index (χ1n) is 6.52. The van der Waals surface area contributed by atoms with Gasteiger partial charge in [0.15, 0.2) is 0 Å². The van der Waals surface area contributed by atoms with Gasteiger partial charge in [-0.05, 0) is 40.5 Å². The molecule has 0 atom stereocenters. The van der Waals surface area contributed by atoms with Gasteiger partial charge in [-0.1, -0.05) is 0 Å². The first kappa shape index (κ1) is 11.9. The standard InChI is InChI=1S/C13H25N3/c1-11-5-10-16(14-11)12-6-8-15(9-7-12)13(2,3)4/h12H,5-10H2,1-4H3. The zero-order valence-electron chi connectivity index (χ0n) is 11.2. The van der Waals surface area contributed by atoms with Gasteiger partial charge in [-0.3, -0.25) is 9.91 Å². The molecule has 1 saturated heterocycles. The normalized spacial score (nSPS) is 25.0. The molecule has 3 nitrogen and oxygen atoms in total. The second-order valence-corrected chi connectivity index (χ2v) is 6.14. The van der Waals surface area contributed by atoms with E-state index in [2.05, 4.69) is 42.7 Å². The van der Waals surface area contributed by atoms with Crippen LogP contribution in [0.4, 0.5) is 0 Å². The number of rotatable bonds is 1. The van der Waals surface area contributed by atoms with Crippen molar-refractivity contribution in [3.63, 3.8) is 0 Å². The molecule has 0 aromatic rings. The van der Waals surface area contributed by atoms with Crippen molar-refractivity contribution in [2.75, 3.05) is 19.6 Å². The Morgan fingerprint density at radius 3 is 2.19 bits per heavy atom. The van der Waals surface area contributed by atoms with E-state index < -0.39 is 0 Å². The Bertz CT molecular complexity index is 269. The highest BCUT2D eigenvalue weighted by molar-refractivity contribution is 5.83. The van der Waals surface area contributed by atoms with Gasteiger partial charge in [0, 0.05) is 43.3 Å². The van der Waals surface area contributed by atoms with Gasteiger partial charge in [0.1, 0.15) is 0 Å². The second-order valence-electron chi connectivity index (χ2n) is 6.14. The predicted molar refractivity (Wildman–Crippen MR) is 68.8 cm³/mol. The summed E-state index contributed by atoms with van der Waals surface area (Å²) in [6.07, 6.45) is 3.71. The van der Waals surface area contributed by atoms with Crippen molar-refractivity contribution < 1.29 is 0 Å². The van der Waals surface area contributed by atoms with Crippen LogP contribution in [0.2, 0.25) is 0 Å². The fourth-order valence-electron chi connectivity index (χ4n) is 2.69. The Kier molecular flexibility index (Phi) is 3.24. The lowest BCUT2D eigenvalue weighted by atomic mass is 9.98. The molecule has 2 rings (SSSR count).